The van der Waals surface area contributed by atoms with E-state index < -0.39 is 23.1 Å². The number of ether oxygens (including phenoxy) is 3. The van der Waals surface area contributed by atoms with Gasteiger partial charge < -0.3 is 18.7 Å². The summed E-state index contributed by atoms with van der Waals surface area (Å²) in [6.07, 6.45) is 7.72. The van der Waals surface area contributed by atoms with Gasteiger partial charge in [-0.1, -0.05) is 60.7 Å². The largest absolute Gasteiger partial charge is 0.460 e. The van der Waals surface area contributed by atoms with Gasteiger partial charge in [0.2, 0.25) is 0 Å². The van der Waals surface area contributed by atoms with Gasteiger partial charge in [0.15, 0.2) is 0 Å². The molecule has 3 aliphatic rings. The molecule has 42 heavy (non-hydrogen) atoms. The van der Waals surface area contributed by atoms with Gasteiger partial charge in [-0.05, 0) is 33.6 Å². The summed E-state index contributed by atoms with van der Waals surface area (Å²) in [4.78, 5) is 39.9. The minimum absolute atomic E-state index is 0.0745. The summed E-state index contributed by atoms with van der Waals surface area (Å²) in [6.45, 7) is 7.99. The number of nitrogens with zero attached hydrogens (tertiary/aromatic N) is 1. The van der Waals surface area contributed by atoms with E-state index in [1.54, 1.807) is 0 Å². The van der Waals surface area contributed by atoms with Crippen molar-refractivity contribution in [3.8, 4) is 0 Å². The zero-order valence-electron chi connectivity index (χ0n) is 25.4. The Hall–Kier alpha value is -3.19. The number of hydrogen-bond donors (Lipinski definition) is 0. The lowest BCUT2D eigenvalue weighted by atomic mass is 9.85. The number of esters is 3. The van der Waals surface area contributed by atoms with Crippen LogP contribution in [0, 0.1) is 0 Å². The van der Waals surface area contributed by atoms with Crippen LogP contribution in [0.5, 0.6) is 0 Å². The van der Waals surface area contributed by atoms with Crippen molar-refractivity contribution in [1.29, 1.82) is 0 Å². The summed E-state index contributed by atoms with van der Waals surface area (Å²) in [5.41, 5.74) is -1.15. The van der Waals surface area contributed by atoms with Gasteiger partial charge in [0.1, 0.15) is 11.7 Å². The molecular weight excluding hydrogens is 530 g/mol. The molecule has 2 unspecified atom stereocenters. The maximum absolute atomic E-state index is 14.4. The van der Waals surface area contributed by atoms with E-state index in [-0.39, 0.29) is 24.9 Å². The first-order chi connectivity index (χ1) is 20.1. The van der Waals surface area contributed by atoms with E-state index in [9.17, 15) is 14.4 Å². The molecule has 0 aromatic heterocycles. The molecule has 2 bridgehead atoms. The van der Waals surface area contributed by atoms with Gasteiger partial charge in [-0.2, -0.15) is 0 Å². The average molecular weight is 577 g/mol. The number of quaternary nitrogens is 1. The summed E-state index contributed by atoms with van der Waals surface area (Å²) >= 11 is 0. The van der Waals surface area contributed by atoms with Gasteiger partial charge in [0, 0.05) is 62.5 Å². The molecule has 0 N–H and O–H groups in total. The van der Waals surface area contributed by atoms with Gasteiger partial charge in [-0.3, -0.25) is 9.59 Å². The first-order valence-corrected chi connectivity index (χ1v) is 15.7. The van der Waals surface area contributed by atoms with Crippen LogP contribution in [0.3, 0.4) is 0 Å². The maximum Gasteiger partial charge on any atom is 0.360 e. The Balaban J connectivity index is 1.34. The molecule has 3 heterocycles. The second-order valence-electron chi connectivity index (χ2n) is 13.3. The highest BCUT2D eigenvalue weighted by Gasteiger charge is 2.57. The van der Waals surface area contributed by atoms with Gasteiger partial charge in [0.05, 0.1) is 25.2 Å². The second kappa shape index (κ2) is 12.6. The molecule has 2 aromatic carbocycles. The third kappa shape index (κ3) is 6.41. The number of rotatable bonds is 10. The van der Waals surface area contributed by atoms with Crippen molar-refractivity contribution in [3.05, 3.63) is 71.8 Å². The highest BCUT2D eigenvalue weighted by molar-refractivity contribution is 5.89. The monoisotopic (exact) mass is 576 g/mol. The van der Waals surface area contributed by atoms with E-state index in [2.05, 4.69) is 0 Å². The third-order valence-corrected chi connectivity index (χ3v) is 9.38. The van der Waals surface area contributed by atoms with Crippen molar-refractivity contribution in [2.45, 2.75) is 114 Å². The van der Waals surface area contributed by atoms with Crippen LogP contribution < -0.4 is 0 Å². The number of carbonyl (C=O) groups is 3. The Morgan fingerprint density at radius 2 is 1.21 bits per heavy atom. The lowest BCUT2D eigenvalue weighted by Crippen LogP contribution is -2.60. The lowest BCUT2D eigenvalue weighted by molar-refractivity contribution is -0.956. The summed E-state index contributed by atoms with van der Waals surface area (Å²) in [5.74, 6) is -1.34. The first-order valence-electron chi connectivity index (χ1n) is 15.7. The van der Waals surface area contributed by atoms with Crippen LogP contribution in [-0.2, 0) is 34.2 Å². The summed E-state index contributed by atoms with van der Waals surface area (Å²) in [6, 6.07) is 19.5. The Bertz CT molecular complexity index is 1180. The quantitative estimate of drug-likeness (QED) is 0.145. The van der Waals surface area contributed by atoms with Gasteiger partial charge in [-0.25, -0.2) is 4.79 Å². The standard InChI is InChI=1S/C35H46NO6/c1-34(2,3)41-31(37)18-10-11-19-32(38)42-35(26-14-6-4-7-15-26,27-16-8-5-9-17-27)33(39)40-30-24-28-20-21-29(25-30)36(28)22-12-13-23-36/h4-9,14-17,28-30H,10-13,18-25H2,1-3H3/q+1. The van der Waals surface area contributed by atoms with Crippen LogP contribution in [0.15, 0.2) is 60.7 Å². The van der Waals surface area contributed by atoms with Crippen molar-refractivity contribution >= 4 is 17.9 Å². The fraction of sp³-hybridized carbons (Fsp3) is 0.571. The van der Waals surface area contributed by atoms with Gasteiger partial charge >= 0.3 is 17.9 Å². The van der Waals surface area contributed by atoms with Crippen LogP contribution in [-0.4, -0.2) is 59.3 Å². The zero-order chi connectivity index (χ0) is 29.8. The smallest absolute Gasteiger partial charge is 0.360 e. The number of benzene rings is 2. The van der Waals surface area contributed by atoms with E-state index in [0.717, 1.165) is 12.8 Å². The molecule has 2 atom stereocenters. The predicted molar refractivity (Wildman–Crippen MR) is 159 cm³/mol. The van der Waals surface area contributed by atoms with E-state index >= 15 is 0 Å². The van der Waals surface area contributed by atoms with E-state index in [1.807, 2.05) is 81.4 Å². The van der Waals surface area contributed by atoms with E-state index in [1.165, 1.54) is 43.3 Å². The molecule has 0 amide bonds. The van der Waals surface area contributed by atoms with E-state index in [4.69, 9.17) is 14.2 Å². The SMILES string of the molecule is CC(C)(C)OC(=O)CCCCC(=O)OC(C(=O)OC1CC2CCC(C1)[N+]21CCCC1)(c1ccccc1)c1ccccc1. The van der Waals surface area contributed by atoms with Crippen LogP contribution >= 0.6 is 0 Å². The van der Waals surface area contributed by atoms with Crippen molar-refractivity contribution in [3.63, 3.8) is 0 Å². The minimum atomic E-state index is -1.72. The Kier molecular flexibility index (Phi) is 9.07. The molecule has 0 aliphatic carbocycles. The maximum atomic E-state index is 14.4. The lowest BCUT2D eigenvalue weighted by Gasteiger charge is -2.47. The third-order valence-electron chi connectivity index (χ3n) is 9.38. The van der Waals surface area contributed by atoms with Gasteiger partial charge in [-0.15, -0.1) is 0 Å². The average Bonchev–Trinajstić information content (AvgIpc) is 3.50. The molecule has 1 spiro atoms. The number of hydrogen-bond acceptors (Lipinski definition) is 6. The molecule has 3 aliphatic heterocycles. The first kappa shape index (κ1) is 30.3. The molecule has 3 fully saturated rings. The molecule has 226 valence electrons. The minimum Gasteiger partial charge on any atom is -0.460 e. The normalized spacial score (nSPS) is 23.0. The second-order valence-corrected chi connectivity index (χ2v) is 13.3. The Morgan fingerprint density at radius 3 is 1.69 bits per heavy atom. The van der Waals surface area contributed by atoms with Crippen LogP contribution in [0.25, 0.3) is 0 Å². The molecule has 7 heteroatoms. The van der Waals surface area contributed by atoms with Crippen LogP contribution in [0.4, 0.5) is 0 Å². The molecule has 0 saturated carbocycles. The molecule has 7 nitrogen and oxygen atoms in total. The van der Waals surface area contributed by atoms with Crippen molar-refractivity contribution < 1.29 is 33.1 Å². The van der Waals surface area contributed by atoms with Crippen LogP contribution in [0.2, 0.25) is 0 Å². The predicted octanol–water partition coefficient (Wildman–Crippen LogP) is 6.22. The number of unbranched alkanes of at least 4 members (excludes halogenated alkanes) is 1. The number of piperidine rings is 1. The molecular formula is C35H46NO6+. The molecule has 3 saturated heterocycles. The van der Waals surface area contributed by atoms with Crippen molar-refractivity contribution in [1.82, 2.24) is 0 Å². The molecule has 5 rings (SSSR count). The summed E-state index contributed by atoms with van der Waals surface area (Å²) in [5, 5.41) is 0. The fourth-order valence-corrected chi connectivity index (χ4v) is 7.60. The zero-order valence-corrected chi connectivity index (χ0v) is 25.4. The van der Waals surface area contributed by atoms with Crippen LogP contribution in [0.1, 0.15) is 96.1 Å². The molecule has 0 radical (unpaired) electrons. The van der Waals surface area contributed by atoms with E-state index in [0.29, 0.717) is 36.1 Å². The number of carbonyl (C=O) groups excluding carboxylic acids is 3. The van der Waals surface area contributed by atoms with Gasteiger partial charge in [0.25, 0.3) is 5.60 Å². The topological polar surface area (TPSA) is 78.9 Å². The fourth-order valence-electron chi connectivity index (χ4n) is 7.60. The van der Waals surface area contributed by atoms with Crippen molar-refractivity contribution in [2.75, 3.05) is 13.1 Å². The Morgan fingerprint density at radius 1 is 0.738 bits per heavy atom. The Labute approximate surface area is 250 Å². The van der Waals surface area contributed by atoms with Crippen molar-refractivity contribution in [2.24, 2.45) is 0 Å². The summed E-state index contributed by atoms with van der Waals surface area (Å²) < 4.78 is 19.2. The highest BCUT2D eigenvalue weighted by atomic mass is 16.6. The molecule has 2 aromatic rings. The summed E-state index contributed by atoms with van der Waals surface area (Å²) in [7, 11) is 0. The highest BCUT2D eigenvalue weighted by Crippen LogP contribution is 2.47.